The Labute approximate surface area is 223 Å². The summed E-state index contributed by atoms with van der Waals surface area (Å²) >= 11 is 0. The summed E-state index contributed by atoms with van der Waals surface area (Å²) in [4.78, 5) is 22.0. The zero-order chi connectivity index (χ0) is 26.8. The minimum atomic E-state index is -0.301. The smallest absolute Gasteiger partial charge is 0.284 e. The Balaban J connectivity index is 1.65. The van der Waals surface area contributed by atoms with Crippen LogP contribution in [-0.4, -0.2) is 26.7 Å². The molecule has 8 heteroatoms. The van der Waals surface area contributed by atoms with Crippen molar-refractivity contribution in [3.63, 3.8) is 0 Å². The molecule has 39 heavy (non-hydrogen) atoms. The third-order valence-electron chi connectivity index (χ3n) is 6.42. The highest BCUT2D eigenvalue weighted by atomic mass is 16.5. The second kappa shape index (κ2) is 10.00. The van der Waals surface area contributed by atoms with Crippen LogP contribution < -0.4 is 15.6 Å². The van der Waals surface area contributed by atoms with Crippen molar-refractivity contribution in [1.82, 2.24) is 19.6 Å². The lowest BCUT2D eigenvalue weighted by atomic mass is 10.0. The van der Waals surface area contributed by atoms with E-state index < -0.39 is 0 Å². The molecular weight excluding hydrogens is 488 g/mol. The average Bonchev–Trinajstić information content (AvgIpc) is 3.38. The monoisotopic (exact) mass is 510 g/mol. The summed E-state index contributed by atoms with van der Waals surface area (Å²) in [7, 11) is 1.59. The molecule has 0 atom stereocenters. The van der Waals surface area contributed by atoms with Crippen LogP contribution in [0.5, 0.6) is 5.75 Å². The Kier molecular flexibility index (Phi) is 6.07. The van der Waals surface area contributed by atoms with Crippen LogP contribution in [0.4, 0.5) is 11.6 Å². The minimum Gasteiger partial charge on any atom is -0.497 e. The van der Waals surface area contributed by atoms with E-state index in [0.717, 1.165) is 16.7 Å². The molecule has 188 valence electrons. The molecule has 3 aromatic heterocycles. The molecule has 0 amide bonds. The summed E-state index contributed by atoms with van der Waals surface area (Å²) in [6.45, 7) is 0. The van der Waals surface area contributed by atoms with E-state index >= 15 is 0 Å². The predicted octanol–water partition coefficient (Wildman–Crippen LogP) is 6.04. The number of fused-ring (bicyclic) bond motifs is 1. The highest BCUT2D eigenvalue weighted by molar-refractivity contribution is 5.92. The standard InChI is InChI=1S/C31H22N6O2/c1-39-24-15-13-22(14-16-24)27-29(34-25-17-12-20(18-32)19-33-25)35-30-26(21-8-4-2-5-9-21)28(36-37(30)31(27)38)23-10-6-3-7-11-23/h2-17,19,35H,1H3,(H,33,34). The number of rotatable bonds is 6. The van der Waals surface area contributed by atoms with Gasteiger partial charge in [0.15, 0.2) is 0 Å². The van der Waals surface area contributed by atoms with Gasteiger partial charge in [0.25, 0.3) is 5.56 Å². The molecule has 0 aliphatic carbocycles. The Bertz CT molecular complexity index is 1870. The van der Waals surface area contributed by atoms with Crippen molar-refractivity contribution in [2.24, 2.45) is 0 Å². The molecule has 8 nitrogen and oxygen atoms in total. The fourth-order valence-electron chi connectivity index (χ4n) is 4.53. The zero-order valence-electron chi connectivity index (χ0n) is 20.9. The number of nitrogens with zero attached hydrogens (tertiary/aromatic N) is 4. The molecule has 0 radical (unpaired) electrons. The molecule has 0 saturated heterocycles. The molecule has 3 aromatic carbocycles. The van der Waals surface area contributed by atoms with E-state index in [0.29, 0.717) is 45.4 Å². The first-order valence-corrected chi connectivity index (χ1v) is 12.2. The molecule has 6 aromatic rings. The van der Waals surface area contributed by atoms with Gasteiger partial charge in [0.2, 0.25) is 0 Å². The number of hydrogen-bond acceptors (Lipinski definition) is 6. The minimum absolute atomic E-state index is 0.301. The zero-order valence-corrected chi connectivity index (χ0v) is 20.9. The number of hydrogen-bond donors (Lipinski definition) is 2. The van der Waals surface area contributed by atoms with Crippen molar-refractivity contribution >= 4 is 17.3 Å². The number of aromatic nitrogens is 4. The molecule has 0 fully saturated rings. The van der Waals surface area contributed by atoms with Crippen molar-refractivity contribution < 1.29 is 4.74 Å². The van der Waals surface area contributed by atoms with Crippen LogP contribution in [0.25, 0.3) is 39.2 Å². The molecule has 0 spiro atoms. The highest BCUT2D eigenvalue weighted by Crippen LogP contribution is 2.36. The Morgan fingerprint density at radius 1 is 0.846 bits per heavy atom. The Morgan fingerprint density at radius 2 is 1.51 bits per heavy atom. The van der Waals surface area contributed by atoms with E-state index in [4.69, 9.17) is 15.1 Å². The maximum atomic E-state index is 14.2. The summed E-state index contributed by atoms with van der Waals surface area (Å²) in [6.07, 6.45) is 1.48. The number of nitriles is 1. The van der Waals surface area contributed by atoms with E-state index in [2.05, 4.69) is 21.4 Å². The second-order valence-electron chi connectivity index (χ2n) is 8.79. The number of pyridine rings is 1. The van der Waals surface area contributed by atoms with Crippen LogP contribution in [-0.2, 0) is 0 Å². The third kappa shape index (κ3) is 4.38. The summed E-state index contributed by atoms with van der Waals surface area (Å²) < 4.78 is 6.73. The van der Waals surface area contributed by atoms with Crippen LogP contribution in [0.1, 0.15) is 5.56 Å². The molecule has 0 aliphatic rings. The van der Waals surface area contributed by atoms with Crippen LogP contribution in [0.15, 0.2) is 108 Å². The lowest BCUT2D eigenvalue weighted by molar-refractivity contribution is 0.415. The van der Waals surface area contributed by atoms with Gasteiger partial charge >= 0.3 is 0 Å². The van der Waals surface area contributed by atoms with Gasteiger partial charge in [0.05, 0.1) is 23.8 Å². The molecule has 0 bridgehead atoms. The van der Waals surface area contributed by atoms with Crippen molar-refractivity contribution in [1.29, 1.82) is 5.26 Å². The van der Waals surface area contributed by atoms with Crippen LogP contribution in [0.3, 0.4) is 0 Å². The summed E-state index contributed by atoms with van der Waals surface area (Å²) in [6, 6.07) is 32.3. The lowest BCUT2D eigenvalue weighted by Gasteiger charge is -2.13. The third-order valence-corrected chi connectivity index (χ3v) is 6.42. The van der Waals surface area contributed by atoms with Crippen LogP contribution >= 0.6 is 0 Å². The number of nitrogens with one attached hydrogen (secondary N) is 2. The molecule has 0 unspecified atom stereocenters. The Morgan fingerprint density at radius 3 is 2.13 bits per heavy atom. The van der Waals surface area contributed by atoms with Crippen LogP contribution in [0.2, 0.25) is 0 Å². The molecule has 0 aliphatic heterocycles. The summed E-state index contributed by atoms with van der Waals surface area (Å²) in [5.74, 6) is 1.61. The SMILES string of the molecule is COc1ccc(-c2c(Nc3ccc(C#N)cn3)[nH]c3c(-c4ccccc4)c(-c4ccccc4)nn3c2=O)cc1. The van der Waals surface area contributed by atoms with Gasteiger partial charge in [-0.1, -0.05) is 72.8 Å². The van der Waals surface area contributed by atoms with E-state index in [1.165, 1.54) is 10.7 Å². The van der Waals surface area contributed by atoms with Gasteiger partial charge in [-0.15, -0.1) is 0 Å². The van der Waals surface area contributed by atoms with Crippen molar-refractivity contribution in [2.45, 2.75) is 0 Å². The average molecular weight is 511 g/mol. The quantitative estimate of drug-likeness (QED) is 0.283. The number of H-pyrrole nitrogens is 1. The van der Waals surface area contributed by atoms with E-state index in [1.54, 1.807) is 31.4 Å². The van der Waals surface area contributed by atoms with Crippen molar-refractivity contribution in [3.05, 3.63) is 119 Å². The number of benzene rings is 3. The molecule has 3 heterocycles. The molecule has 2 N–H and O–H groups in total. The Hall–Kier alpha value is -5.68. The normalized spacial score (nSPS) is 10.8. The van der Waals surface area contributed by atoms with Gasteiger partial charge in [0.1, 0.15) is 34.8 Å². The molecule has 6 rings (SSSR count). The van der Waals surface area contributed by atoms with E-state index in [-0.39, 0.29) is 5.56 Å². The van der Waals surface area contributed by atoms with E-state index in [1.807, 2.05) is 72.8 Å². The topological polar surface area (TPSA) is 108 Å². The lowest BCUT2D eigenvalue weighted by Crippen LogP contribution is -2.19. The van der Waals surface area contributed by atoms with Gasteiger partial charge in [-0.25, -0.2) is 4.98 Å². The maximum absolute atomic E-state index is 14.2. The first-order chi connectivity index (χ1) is 19.2. The summed E-state index contributed by atoms with van der Waals surface area (Å²) in [5.41, 5.74) is 5.04. The number of anilines is 2. The fraction of sp³-hybridized carbons (Fsp3) is 0.0323. The predicted molar refractivity (Wildman–Crippen MR) is 151 cm³/mol. The maximum Gasteiger partial charge on any atom is 0.284 e. The van der Waals surface area contributed by atoms with Crippen LogP contribution in [0, 0.1) is 11.3 Å². The first-order valence-electron chi connectivity index (χ1n) is 12.2. The largest absolute Gasteiger partial charge is 0.497 e. The second-order valence-corrected chi connectivity index (χ2v) is 8.79. The molecular formula is C31H22N6O2. The number of ether oxygens (including phenoxy) is 1. The van der Waals surface area contributed by atoms with E-state index in [9.17, 15) is 4.79 Å². The first kappa shape index (κ1) is 23.7. The highest BCUT2D eigenvalue weighted by Gasteiger charge is 2.23. The fourth-order valence-corrected chi connectivity index (χ4v) is 4.53. The van der Waals surface area contributed by atoms with Crippen molar-refractivity contribution in [3.8, 4) is 45.3 Å². The number of methoxy groups -OCH3 is 1. The van der Waals surface area contributed by atoms with Gasteiger partial charge in [-0.2, -0.15) is 14.9 Å². The van der Waals surface area contributed by atoms with Gasteiger partial charge in [0, 0.05) is 11.8 Å². The van der Waals surface area contributed by atoms with Crippen molar-refractivity contribution in [2.75, 3.05) is 12.4 Å². The number of aromatic amines is 1. The molecule has 0 saturated carbocycles. The summed E-state index contributed by atoms with van der Waals surface area (Å²) in [5, 5.41) is 17.2. The van der Waals surface area contributed by atoms with Gasteiger partial charge in [-0.05, 0) is 35.4 Å². The van der Waals surface area contributed by atoms with Gasteiger partial charge < -0.3 is 15.0 Å². The van der Waals surface area contributed by atoms with Gasteiger partial charge in [-0.3, -0.25) is 4.79 Å².